The van der Waals surface area contributed by atoms with Gasteiger partial charge in [-0.05, 0) is 49.1 Å². The predicted molar refractivity (Wildman–Crippen MR) is 83.1 cm³/mol. The molecule has 0 aromatic heterocycles. The first-order valence-corrected chi connectivity index (χ1v) is 7.06. The molecule has 0 atom stereocenters. The van der Waals surface area contributed by atoms with Gasteiger partial charge in [0.15, 0.2) is 5.75 Å². The molecule has 0 N–H and O–H groups in total. The maximum absolute atomic E-state index is 10.8. The average molecular weight is 284 g/mol. The largest absolute Gasteiger partial charge is 0.352 e. The molecule has 0 aliphatic heterocycles. The summed E-state index contributed by atoms with van der Waals surface area (Å²) >= 11 is 0. The van der Waals surface area contributed by atoms with Gasteiger partial charge in [-0.2, -0.15) is 0 Å². The summed E-state index contributed by atoms with van der Waals surface area (Å²) in [7, 11) is 0. The van der Waals surface area contributed by atoms with E-state index < -0.39 is 5.97 Å². The third kappa shape index (κ3) is 3.85. The lowest BCUT2D eigenvalue weighted by molar-refractivity contribution is -0.210. The molecule has 0 saturated carbocycles. The highest BCUT2D eigenvalue weighted by molar-refractivity contribution is 5.70. The van der Waals surface area contributed by atoms with E-state index in [0.29, 0.717) is 5.75 Å². The van der Waals surface area contributed by atoms with Crippen molar-refractivity contribution in [3.05, 3.63) is 53.1 Å². The van der Waals surface area contributed by atoms with Gasteiger partial charge in [0.2, 0.25) is 0 Å². The fourth-order valence-corrected chi connectivity index (χ4v) is 2.43. The van der Waals surface area contributed by atoms with E-state index >= 15 is 0 Å². The molecule has 3 heteroatoms. The first-order valence-electron chi connectivity index (χ1n) is 7.06. The first kappa shape index (κ1) is 15.1. The molecule has 0 aliphatic carbocycles. The number of aryl methyl sites for hydroxylation is 3. The number of rotatable bonds is 4. The van der Waals surface area contributed by atoms with Crippen LogP contribution in [0.15, 0.2) is 36.4 Å². The van der Waals surface area contributed by atoms with Crippen LogP contribution in [-0.4, -0.2) is 5.97 Å². The van der Waals surface area contributed by atoms with Crippen LogP contribution in [0, 0.1) is 13.8 Å². The molecule has 0 bridgehead atoms. The van der Waals surface area contributed by atoms with E-state index in [1.54, 1.807) is 0 Å². The third-order valence-corrected chi connectivity index (χ3v) is 3.25. The number of hydrogen-bond acceptors (Lipinski definition) is 3. The Bertz CT molecular complexity index is 639. The summed E-state index contributed by atoms with van der Waals surface area (Å²) < 4.78 is 0. The van der Waals surface area contributed by atoms with Crippen molar-refractivity contribution in [2.45, 2.75) is 34.1 Å². The second-order valence-electron chi connectivity index (χ2n) is 5.21. The summed E-state index contributed by atoms with van der Waals surface area (Å²) in [5, 5.41) is 0. The van der Waals surface area contributed by atoms with Gasteiger partial charge < -0.3 is 0 Å². The van der Waals surface area contributed by atoms with Crippen molar-refractivity contribution in [1.82, 2.24) is 0 Å². The topological polar surface area (TPSA) is 35.5 Å². The normalized spacial score (nSPS) is 10.3. The minimum Gasteiger partial charge on any atom is -0.287 e. The molecule has 0 unspecified atom stereocenters. The lowest BCUT2D eigenvalue weighted by Crippen LogP contribution is -2.03. The molecule has 2 aromatic rings. The zero-order chi connectivity index (χ0) is 15.4. The minimum absolute atomic E-state index is 0.466. The Morgan fingerprint density at radius 3 is 2.29 bits per heavy atom. The van der Waals surface area contributed by atoms with Crippen molar-refractivity contribution < 1.29 is 14.6 Å². The zero-order valence-corrected chi connectivity index (χ0v) is 12.9. The molecule has 0 radical (unpaired) electrons. The molecule has 0 fully saturated rings. The van der Waals surface area contributed by atoms with Crippen LogP contribution in [0.4, 0.5) is 0 Å². The van der Waals surface area contributed by atoms with E-state index in [2.05, 4.69) is 43.9 Å². The Kier molecular flexibility index (Phi) is 4.63. The van der Waals surface area contributed by atoms with Crippen molar-refractivity contribution in [1.29, 1.82) is 0 Å². The highest BCUT2D eigenvalue weighted by Crippen LogP contribution is 2.29. The maximum Gasteiger partial charge on any atom is 0.352 e. The van der Waals surface area contributed by atoms with Gasteiger partial charge in [0.05, 0.1) is 0 Å². The van der Waals surface area contributed by atoms with Crippen LogP contribution in [0.2, 0.25) is 0 Å². The summed E-state index contributed by atoms with van der Waals surface area (Å²) in [5.41, 5.74) is 6.02. The molecule has 0 amide bonds. The van der Waals surface area contributed by atoms with Gasteiger partial charge in [0.25, 0.3) is 0 Å². The third-order valence-electron chi connectivity index (χ3n) is 3.25. The molecular formula is C18H20O3. The van der Waals surface area contributed by atoms with Crippen LogP contribution < -0.4 is 4.89 Å². The fourth-order valence-electron chi connectivity index (χ4n) is 2.43. The zero-order valence-electron chi connectivity index (χ0n) is 12.9. The van der Waals surface area contributed by atoms with Gasteiger partial charge in [-0.25, -0.2) is 4.79 Å². The Morgan fingerprint density at radius 2 is 1.71 bits per heavy atom. The quantitative estimate of drug-likeness (QED) is 0.617. The minimum atomic E-state index is -0.466. The monoisotopic (exact) mass is 284 g/mol. The van der Waals surface area contributed by atoms with Gasteiger partial charge in [0, 0.05) is 6.92 Å². The van der Waals surface area contributed by atoms with E-state index in [-0.39, 0.29) is 0 Å². The van der Waals surface area contributed by atoms with Crippen molar-refractivity contribution in [2.24, 2.45) is 0 Å². The van der Waals surface area contributed by atoms with E-state index in [4.69, 9.17) is 4.89 Å². The van der Waals surface area contributed by atoms with E-state index in [0.717, 1.165) is 12.0 Å². The average Bonchev–Trinajstić information content (AvgIpc) is 2.43. The lowest BCUT2D eigenvalue weighted by Gasteiger charge is -2.12. The van der Waals surface area contributed by atoms with Crippen LogP contribution in [-0.2, 0) is 16.1 Å². The van der Waals surface area contributed by atoms with Crippen LogP contribution >= 0.6 is 0 Å². The molecular weight excluding hydrogens is 264 g/mol. The number of benzene rings is 2. The fraction of sp³-hybridized carbons (Fsp3) is 0.278. The Hall–Kier alpha value is -2.29. The number of carbonyl (C=O) groups excluding carboxylic acids is 1. The van der Waals surface area contributed by atoms with Gasteiger partial charge in [-0.3, -0.25) is 9.78 Å². The van der Waals surface area contributed by atoms with Crippen molar-refractivity contribution in [2.75, 3.05) is 0 Å². The molecule has 0 heterocycles. The molecule has 110 valence electrons. The van der Waals surface area contributed by atoms with Gasteiger partial charge in [-0.15, -0.1) is 0 Å². The maximum atomic E-state index is 10.8. The highest BCUT2D eigenvalue weighted by Gasteiger charge is 2.08. The molecule has 3 nitrogen and oxygen atoms in total. The summed E-state index contributed by atoms with van der Waals surface area (Å²) in [5.74, 6) is 0.0709. The van der Waals surface area contributed by atoms with Gasteiger partial charge >= 0.3 is 5.97 Å². The van der Waals surface area contributed by atoms with Crippen LogP contribution in [0.25, 0.3) is 11.1 Å². The van der Waals surface area contributed by atoms with Gasteiger partial charge in [-0.1, -0.05) is 42.3 Å². The molecule has 0 spiro atoms. The standard InChI is InChI=1S/C18H20O3/c1-5-15-11-17(21-20-14(4)19)6-7-18(15)16-9-12(2)8-13(3)10-16/h6-11H,5H2,1-4H3. The summed E-state index contributed by atoms with van der Waals surface area (Å²) in [6.45, 7) is 7.60. The number of hydrogen-bond donors (Lipinski definition) is 0. The van der Waals surface area contributed by atoms with Crippen LogP contribution in [0.3, 0.4) is 0 Å². The molecule has 2 rings (SSSR count). The van der Waals surface area contributed by atoms with Crippen LogP contribution in [0.1, 0.15) is 30.5 Å². The Morgan fingerprint density at radius 1 is 1.05 bits per heavy atom. The van der Waals surface area contributed by atoms with Gasteiger partial charge in [0.1, 0.15) is 0 Å². The highest BCUT2D eigenvalue weighted by atomic mass is 17.2. The van der Waals surface area contributed by atoms with Crippen molar-refractivity contribution in [3.8, 4) is 16.9 Å². The Balaban J connectivity index is 2.37. The summed E-state index contributed by atoms with van der Waals surface area (Å²) in [6.07, 6.45) is 0.875. The smallest absolute Gasteiger partial charge is 0.287 e. The second kappa shape index (κ2) is 6.44. The van der Waals surface area contributed by atoms with Crippen molar-refractivity contribution in [3.63, 3.8) is 0 Å². The summed E-state index contributed by atoms with van der Waals surface area (Å²) in [6, 6.07) is 12.2. The molecule has 0 saturated heterocycles. The first-order chi connectivity index (χ1) is 9.99. The predicted octanol–water partition coefficient (Wildman–Crippen LogP) is 4.39. The molecule has 21 heavy (non-hydrogen) atoms. The Labute approximate surface area is 125 Å². The molecule has 0 aliphatic rings. The number of carbonyl (C=O) groups is 1. The van der Waals surface area contributed by atoms with Crippen LogP contribution in [0.5, 0.6) is 5.75 Å². The van der Waals surface area contributed by atoms with E-state index in [9.17, 15) is 4.79 Å². The van der Waals surface area contributed by atoms with E-state index in [1.165, 1.54) is 29.2 Å². The van der Waals surface area contributed by atoms with Crippen molar-refractivity contribution >= 4 is 5.97 Å². The van der Waals surface area contributed by atoms with E-state index in [1.807, 2.05) is 18.2 Å². The molecule has 2 aromatic carbocycles. The second-order valence-corrected chi connectivity index (χ2v) is 5.21. The SMILES string of the molecule is CCc1cc(OOC(C)=O)ccc1-c1cc(C)cc(C)c1. The summed E-state index contributed by atoms with van der Waals surface area (Å²) in [4.78, 5) is 20.4. The lowest BCUT2D eigenvalue weighted by atomic mass is 9.95.